The van der Waals surface area contributed by atoms with Crippen molar-refractivity contribution < 1.29 is 38.3 Å². The second-order valence-corrected chi connectivity index (χ2v) is 17.3. The van der Waals surface area contributed by atoms with E-state index in [-0.39, 0.29) is 55.1 Å². The maximum absolute atomic E-state index is 14.6. The minimum absolute atomic E-state index is 0.0149. The van der Waals surface area contributed by atoms with E-state index in [1.54, 1.807) is 13.8 Å². The van der Waals surface area contributed by atoms with Crippen molar-refractivity contribution in [2.24, 2.45) is 28.6 Å². The van der Waals surface area contributed by atoms with Gasteiger partial charge in [0.1, 0.15) is 12.1 Å². The Morgan fingerprint density at radius 3 is 2.35 bits per heavy atom. The highest BCUT2D eigenvalue weighted by Gasteiger charge is 2.69. The number of carbonyl (C=O) groups is 7. The monoisotopic (exact) mass is 754 g/mol. The van der Waals surface area contributed by atoms with Gasteiger partial charge in [-0.15, -0.1) is 6.58 Å². The summed E-state index contributed by atoms with van der Waals surface area (Å²) >= 11 is 0. The first-order valence-corrected chi connectivity index (χ1v) is 19.6. The number of rotatable bonds is 8. The average molecular weight is 755 g/mol. The standard InChI is InChI=1S/C40H62N6O8/c1-10-19-41-34(49)32(47)27-16-14-12-11-13-15-20-54-25(4)30(37(52)45-21-26-29(40(26,8)9)31(45)33(48)42-27)44-38(53)43-28(39(5,6)7)22-46-35(50)23(2)17-18-24(3)36(46)51/h10,24-31H,1-2,11-22H2,3-9H3,(H,41,49)(H,42,48)(H2,43,44,53)/t24?,25-,26-,27-,28+,29-,30-,31-/m0/s1. The van der Waals surface area contributed by atoms with Crippen molar-refractivity contribution in [2.45, 2.75) is 130 Å². The fourth-order valence-corrected chi connectivity index (χ4v) is 8.06. The molecule has 0 aromatic heterocycles. The smallest absolute Gasteiger partial charge is 0.315 e. The number of carbonyl (C=O) groups excluding carboxylic acids is 7. The predicted octanol–water partition coefficient (Wildman–Crippen LogP) is 3.01. The Kier molecular flexibility index (Phi) is 13.9. The molecule has 3 aliphatic heterocycles. The molecule has 14 nitrogen and oxygen atoms in total. The number of hydrogen-bond acceptors (Lipinski definition) is 8. The number of fused-ring (bicyclic) bond motifs is 3. The molecule has 54 heavy (non-hydrogen) atoms. The molecule has 0 aromatic rings. The van der Waals surface area contributed by atoms with Crippen molar-refractivity contribution in [3.63, 3.8) is 0 Å². The van der Waals surface area contributed by atoms with E-state index in [1.165, 1.54) is 15.9 Å². The Morgan fingerprint density at radius 1 is 1.02 bits per heavy atom. The van der Waals surface area contributed by atoms with Gasteiger partial charge in [-0.05, 0) is 55.3 Å². The van der Waals surface area contributed by atoms with E-state index < -0.39 is 71.1 Å². The van der Waals surface area contributed by atoms with E-state index in [4.69, 9.17) is 4.74 Å². The van der Waals surface area contributed by atoms with Crippen LogP contribution in [0.3, 0.4) is 0 Å². The third-order valence-electron chi connectivity index (χ3n) is 11.9. The summed E-state index contributed by atoms with van der Waals surface area (Å²) in [5.41, 5.74) is -0.513. The number of nitrogens with zero attached hydrogens (tertiary/aromatic N) is 2. The van der Waals surface area contributed by atoms with Crippen molar-refractivity contribution in [2.75, 3.05) is 26.2 Å². The topological polar surface area (TPSA) is 183 Å². The predicted molar refractivity (Wildman–Crippen MR) is 202 cm³/mol. The Labute approximate surface area is 320 Å². The fourth-order valence-electron chi connectivity index (χ4n) is 8.06. The molecular formula is C40H62N6O8. The summed E-state index contributed by atoms with van der Waals surface area (Å²) in [6.45, 7) is 21.3. The first kappa shape index (κ1) is 42.7. The summed E-state index contributed by atoms with van der Waals surface area (Å²) in [6.07, 6.45) is 5.66. The second-order valence-electron chi connectivity index (χ2n) is 17.3. The summed E-state index contributed by atoms with van der Waals surface area (Å²) in [4.78, 5) is 97.8. The van der Waals surface area contributed by atoms with Gasteiger partial charge in [0.2, 0.25) is 23.5 Å². The highest BCUT2D eigenvalue weighted by atomic mass is 16.5. The van der Waals surface area contributed by atoms with Crippen LogP contribution in [0.1, 0.15) is 99.8 Å². The molecule has 4 aliphatic rings. The van der Waals surface area contributed by atoms with E-state index in [9.17, 15) is 33.6 Å². The Morgan fingerprint density at radius 2 is 1.69 bits per heavy atom. The first-order chi connectivity index (χ1) is 25.3. The van der Waals surface area contributed by atoms with Gasteiger partial charge in [0, 0.05) is 37.7 Å². The number of nitrogens with one attached hydrogen (secondary N) is 4. The van der Waals surface area contributed by atoms with Gasteiger partial charge >= 0.3 is 6.03 Å². The van der Waals surface area contributed by atoms with Crippen molar-refractivity contribution in [3.8, 4) is 0 Å². The normalized spacial score (nSPS) is 30.3. The third kappa shape index (κ3) is 9.77. The molecule has 4 rings (SSSR count). The van der Waals surface area contributed by atoms with Crippen LogP contribution in [0.5, 0.6) is 0 Å². The minimum Gasteiger partial charge on any atom is -0.376 e. The van der Waals surface area contributed by atoms with Crippen molar-refractivity contribution in [1.82, 2.24) is 31.1 Å². The van der Waals surface area contributed by atoms with Crippen LogP contribution in [0.2, 0.25) is 0 Å². The lowest BCUT2D eigenvalue weighted by atomic mass is 9.86. The summed E-state index contributed by atoms with van der Waals surface area (Å²) in [7, 11) is 0. The van der Waals surface area contributed by atoms with Crippen LogP contribution in [-0.4, -0.2) is 108 Å². The summed E-state index contributed by atoms with van der Waals surface area (Å²) in [6, 6.07) is -4.58. The van der Waals surface area contributed by atoms with E-state index in [0.717, 1.165) is 19.3 Å². The molecule has 1 aliphatic carbocycles. The number of urea groups is 1. The number of ether oxygens (including phenoxy) is 1. The lowest BCUT2D eigenvalue weighted by Gasteiger charge is -2.37. The molecule has 8 atom stereocenters. The van der Waals surface area contributed by atoms with Crippen molar-refractivity contribution in [3.05, 3.63) is 24.8 Å². The van der Waals surface area contributed by atoms with E-state index in [0.29, 0.717) is 37.9 Å². The summed E-state index contributed by atoms with van der Waals surface area (Å²) in [5.74, 6) is -3.93. The van der Waals surface area contributed by atoms with E-state index in [2.05, 4.69) is 34.4 Å². The molecule has 4 N–H and O–H groups in total. The fraction of sp³-hybridized carbons (Fsp3) is 0.725. The van der Waals surface area contributed by atoms with E-state index >= 15 is 0 Å². The molecule has 7 amide bonds. The Bertz CT molecular complexity index is 1500. The number of amides is 7. The van der Waals surface area contributed by atoms with Crippen molar-refractivity contribution >= 4 is 41.4 Å². The zero-order chi connectivity index (χ0) is 40.1. The van der Waals surface area contributed by atoms with Gasteiger partial charge in [0.05, 0.1) is 18.2 Å². The van der Waals surface area contributed by atoms with Crippen LogP contribution < -0.4 is 21.3 Å². The number of ketones is 1. The molecule has 0 spiro atoms. The van der Waals surface area contributed by atoms with Crippen LogP contribution in [0.15, 0.2) is 24.8 Å². The molecule has 0 bridgehead atoms. The molecule has 0 radical (unpaired) electrons. The first-order valence-electron chi connectivity index (χ1n) is 19.6. The molecule has 1 unspecified atom stereocenters. The molecule has 4 fully saturated rings. The highest BCUT2D eigenvalue weighted by molar-refractivity contribution is 6.38. The zero-order valence-electron chi connectivity index (χ0n) is 33.3. The lowest BCUT2D eigenvalue weighted by Crippen LogP contribution is -2.63. The van der Waals surface area contributed by atoms with Gasteiger partial charge in [-0.25, -0.2) is 4.79 Å². The maximum atomic E-state index is 14.6. The highest BCUT2D eigenvalue weighted by Crippen LogP contribution is 2.65. The number of imide groups is 1. The minimum atomic E-state index is -1.20. The van der Waals surface area contributed by atoms with Crippen LogP contribution in [0.4, 0.5) is 4.79 Å². The van der Waals surface area contributed by atoms with Crippen LogP contribution in [0.25, 0.3) is 0 Å². The average Bonchev–Trinajstić information content (AvgIpc) is 3.43. The Balaban J connectivity index is 1.60. The molecule has 14 heteroatoms. The quantitative estimate of drug-likeness (QED) is 0.126. The van der Waals surface area contributed by atoms with Crippen LogP contribution in [-0.2, 0) is 33.5 Å². The van der Waals surface area contributed by atoms with Crippen LogP contribution >= 0.6 is 0 Å². The van der Waals surface area contributed by atoms with Gasteiger partial charge in [-0.3, -0.25) is 33.7 Å². The van der Waals surface area contributed by atoms with Crippen LogP contribution in [0, 0.1) is 28.6 Å². The van der Waals surface area contributed by atoms with Crippen molar-refractivity contribution in [1.29, 1.82) is 0 Å². The lowest BCUT2D eigenvalue weighted by molar-refractivity contribution is -0.146. The number of Topliss-reactive ketones (excluding diaryl/α,β-unsaturated/α-hetero) is 1. The van der Waals surface area contributed by atoms with Gasteiger partial charge in [0.15, 0.2) is 0 Å². The zero-order valence-corrected chi connectivity index (χ0v) is 33.3. The largest absolute Gasteiger partial charge is 0.376 e. The van der Waals surface area contributed by atoms with Gasteiger partial charge in [-0.1, -0.05) is 79.9 Å². The van der Waals surface area contributed by atoms with Gasteiger partial charge < -0.3 is 30.9 Å². The number of likely N-dealkylation sites (tertiary alicyclic amines) is 1. The summed E-state index contributed by atoms with van der Waals surface area (Å²) in [5, 5.41) is 11.1. The number of hydrogen-bond donors (Lipinski definition) is 4. The molecule has 300 valence electrons. The maximum Gasteiger partial charge on any atom is 0.315 e. The molecule has 1 saturated carbocycles. The van der Waals surface area contributed by atoms with E-state index in [1.807, 2.05) is 34.6 Å². The molecular weight excluding hydrogens is 692 g/mol. The number of piperidine rings is 1. The SMILES string of the molecule is C=CCNC(=O)C(=O)[C@@H]1CCCCCCCO[C@@H](C)[C@H](NC(=O)N[C@H](CN2C(=O)C(=C)CCC(C)C2=O)C(C)(C)C)C(=O)N2C[C@H]3[C@@H]([C@H]2C(=O)N1)C3(C)C. The molecule has 0 aromatic carbocycles. The van der Waals surface area contributed by atoms with Gasteiger partial charge in [0.25, 0.3) is 11.8 Å². The second kappa shape index (κ2) is 17.6. The summed E-state index contributed by atoms with van der Waals surface area (Å²) < 4.78 is 6.15. The Hall–Kier alpha value is -4.07. The van der Waals surface area contributed by atoms with Gasteiger partial charge in [-0.2, -0.15) is 0 Å². The molecule has 3 saturated heterocycles. The molecule has 3 heterocycles. The third-order valence-corrected chi connectivity index (χ3v) is 11.9.